The molecule has 1 fully saturated rings. The summed E-state index contributed by atoms with van der Waals surface area (Å²) in [5, 5.41) is 2.76. The van der Waals surface area contributed by atoms with E-state index in [0.29, 0.717) is 12.2 Å². The summed E-state index contributed by atoms with van der Waals surface area (Å²) >= 11 is 5.19. The van der Waals surface area contributed by atoms with Gasteiger partial charge in [0.1, 0.15) is 16.9 Å². The Morgan fingerprint density at radius 2 is 2.08 bits per heavy atom. The maximum Gasteiger partial charge on any atom is 0.323 e. The first-order valence-electron chi connectivity index (χ1n) is 7.36. The van der Waals surface area contributed by atoms with Crippen LogP contribution in [-0.2, 0) is 0 Å². The van der Waals surface area contributed by atoms with Gasteiger partial charge in [-0.3, -0.25) is 0 Å². The molecule has 0 aliphatic carbocycles. The van der Waals surface area contributed by atoms with Crippen molar-refractivity contribution in [1.82, 2.24) is 4.90 Å². The third-order valence-electron chi connectivity index (χ3n) is 3.71. The average molecular weight is 411 g/mol. The number of anilines is 1. The molecule has 2 aromatic rings. The molecule has 126 valence electrons. The van der Waals surface area contributed by atoms with Crippen molar-refractivity contribution in [3.63, 3.8) is 0 Å². The van der Waals surface area contributed by atoms with Gasteiger partial charge in [0, 0.05) is 18.0 Å². The quantitative estimate of drug-likeness (QED) is 0.783. The zero-order chi connectivity index (χ0) is 17.1. The molecule has 2 aromatic carbocycles. The van der Waals surface area contributed by atoms with Gasteiger partial charge in [-0.25, -0.2) is 9.18 Å². The molecule has 2 amide bonds. The predicted octanol–water partition coefficient (Wildman–Crippen LogP) is 4.88. The Morgan fingerprint density at radius 3 is 2.75 bits per heavy atom. The molecule has 24 heavy (non-hydrogen) atoms. The highest BCUT2D eigenvalue weighted by atomic mass is 79.9. The number of ether oxygens (including phenoxy) is 1. The normalized spacial score (nSPS) is 17.0. The Hall–Kier alpha value is -1.73. The summed E-state index contributed by atoms with van der Waals surface area (Å²) in [5.74, 6) is 1.29. The molecular formula is C17H16BrFN2O2S. The Morgan fingerprint density at radius 1 is 1.33 bits per heavy atom. The Balaban J connectivity index is 1.76. The highest BCUT2D eigenvalue weighted by molar-refractivity contribution is 9.10. The van der Waals surface area contributed by atoms with Crippen molar-refractivity contribution in [3.05, 3.63) is 58.3 Å². The summed E-state index contributed by atoms with van der Waals surface area (Å²) in [4.78, 5) is 14.3. The van der Waals surface area contributed by atoms with Gasteiger partial charge in [0.2, 0.25) is 0 Å². The number of benzene rings is 2. The molecule has 0 saturated carbocycles. The van der Waals surface area contributed by atoms with Gasteiger partial charge in [-0.2, -0.15) is 0 Å². The molecule has 4 nitrogen and oxygen atoms in total. The van der Waals surface area contributed by atoms with E-state index in [1.807, 2.05) is 18.2 Å². The van der Waals surface area contributed by atoms with E-state index in [0.717, 1.165) is 21.5 Å². The van der Waals surface area contributed by atoms with E-state index in [9.17, 15) is 9.18 Å². The molecule has 1 N–H and O–H groups in total. The zero-order valence-electron chi connectivity index (χ0n) is 13.0. The van der Waals surface area contributed by atoms with Crippen LogP contribution in [0.1, 0.15) is 10.9 Å². The fraction of sp³-hybridized carbons (Fsp3) is 0.235. The van der Waals surface area contributed by atoms with Gasteiger partial charge in [0.05, 0.1) is 11.6 Å². The number of amides is 2. The molecule has 0 radical (unpaired) electrons. The number of urea groups is 1. The highest BCUT2D eigenvalue weighted by Gasteiger charge is 2.31. The molecule has 1 aliphatic heterocycles. The lowest BCUT2D eigenvalue weighted by Crippen LogP contribution is -2.34. The van der Waals surface area contributed by atoms with E-state index in [1.165, 1.54) is 12.1 Å². The van der Waals surface area contributed by atoms with Crippen molar-refractivity contribution in [2.75, 3.05) is 24.7 Å². The number of hydrogen-bond acceptors (Lipinski definition) is 3. The van der Waals surface area contributed by atoms with Crippen molar-refractivity contribution < 1.29 is 13.9 Å². The number of carbonyl (C=O) groups excluding carboxylic acids is 1. The third-order valence-corrected chi connectivity index (χ3v) is 5.59. The first kappa shape index (κ1) is 17.1. The van der Waals surface area contributed by atoms with Crippen LogP contribution in [0.3, 0.4) is 0 Å². The topological polar surface area (TPSA) is 41.6 Å². The molecular weight excluding hydrogens is 395 g/mol. The van der Waals surface area contributed by atoms with Crippen LogP contribution in [0, 0.1) is 5.82 Å². The van der Waals surface area contributed by atoms with Crippen LogP contribution in [0.5, 0.6) is 5.75 Å². The van der Waals surface area contributed by atoms with Crippen LogP contribution in [0.2, 0.25) is 0 Å². The maximum absolute atomic E-state index is 13.0. The van der Waals surface area contributed by atoms with Crippen LogP contribution in [0.4, 0.5) is 14.9 Å². The summed E-state index contributed by atoms with van der Waals surface area (Å²) in [6.07, 6.45) is 0. The molecule has 1 heterocycles. The molecule has 0 bridgehead atoms. The van der Waals surface area contributed by atoms with E-state index in [4.69, 9.17) is 4.74 Å². The number of hydrogen-bond donors (Lipinski definition) is 1. The molecule has 1 aliphatic rings. The molecule has 0 aromatic heterocycles. The second-order valence-corrected chi connectivity index (χ2v) is 7.29. The van der Waals surface area contributed by atoms with Gasteiger partial charge in [0.25, 0.3) is 0 Å². The molecule has 1 saturated heterocycles. The minimum Gasteiger partial charge on any atom is -0.496 e. The van der Waals surface area contributed by atoms with Crippen LogP contribution in [0.15, 0.2) is 46.9 Å². The molecule has 0 unspecified atom stereocenters. The van der Waals surface area contributed by atoms with Crippen LogP contribution >= 0.6 is 27.7 Å². The largest absolute Gasteiger partial charge is 0.496 e. The first-order chi connectivity index (χ1) is 11.6. The van der Waals surface area contributed by atoms with E-state index in [2.05, 4.69) is 21.2 Å². The Bertz CT molecular complexity index is 742. The predicted molar refractivity (Wildman–Crippen MR) is 98.0 cm³/mol. The SMILES string of the molecule is COc1ccc([C@@H]2SCCN2C(=O)Nc2ccc(F)cc2)cc1Br. The molecule has 7 heteroatoms. The minimum atomic E-state index is -0.328. The van der Waals surface area contributed by atoms with Crippen molar-refractivity contribution in [1.29, 1.82) is 0 Å². The standard InChI is InChI=1S/C17H16BrFN2O2S/c1-23-15-7-2-11(10-14(15)18)16-21(8-9-24-16)17(22)20-13-5-3-12(19)4-6-13/h2-7,10,16H,8-9H2,1H3,(H,20,22)/t16-/m0/s1. The van der Waals surface area contributed by atoms with Crippen molar-refractivity contribution in [2.45, 2.75) is 5.37 Å². The van der Waals surface area contributed by atoms with Gasteiger partial charge in [-0.1, -0.05) is 6.07 Å². The van der Waals surface area contributed by atoms with Crippen molar-refractivity contribution in [3.8, 4) is 5.75 Å². The van der Waals surface area contributed by atoms with Gasteiger partial charge >= 0.3 is 6.03 Å². The van der Waals surface area contributed by atoms with Crippen LogP contribution in [-0.4, -0.2) is 30.3 Å². The lowest BCUT2D eigenvalue weighted by Gasteiger charge is -2.25. The van der Waals surface area contributed by atoms with Gasteiger partial charge in [-0.05, 0) is 57.9 Å². The molecule has 1 atom stereocenters. The number of thioether (sulfide) groups is 1. The number of halogens is 2. The van der Waals surface area contributed by atoms with Gasteiger partial charge < -0.3 is 15.0 Å². The summed E-state index contributed by atoms with van der Waals surface area (Å²) in [6.45, 7) is 0.659. The lowest BCUT2D eigenvalue weighted by molar-refractivity contribution is 0.214. The number of nitrogens with one attached hydrogen (secondary N) is 1. The number of carbonyl (C=O) groups is 1. The monoisotopic (exact) mass is 410 g/mol. The minimum absolute atomic E-state index is 0.0624. The Kier molecular flexibility index (Phi) is 5.30. The number of nitrogens with zero attached hydrogens (tertiary/aromatic N) is 1. The van der Waals surface area contributed by atoms with E-state index in [1.54, 1.807) is 35.9 Å². The van der Waals surface area contributed by atoms with E-state index in [-0.39, 0.29) is 17.2 Å². The van der Waals surface area contributed by atoms with E-state index < -0.39 is 0 Å². The third kappa shape index (κ3) is 3.67. The van der Waals surface area contributed by atoms with E-state index >= 15 is 0 Å². The van der Waals surface area contributed by atoms with Crippen molar-refractivity contribution >= 4 is 39.4 Å². The maximum atomic E-state index is 13.0. The second-order valence-electron chi connectivity index (χ2n) is 5.25. The van der Waals surface area contributed by atoms with Crippen LogP contribution in [0.25, 0.3) is 0 Å². The molecule has 3 rings (SSSR count). The van der Waals surface area contributed by atoms with Gasteiger partial charge in [0.15, 0.2) is 0 Å². The summed E-state index contributed by atoms with van der Waals surface area (Å²) in [7, 11) is 1.62. The van der Waals surface area contributed by atoms with Gasteiger partial charge in [-0.15, -0.1) is 11.8 Å². The summed E-state index contributed by atoms with van der Waals surface area (Å²) < 4.78 is 19.1. The smallest absolute Gasteiger partial charge is 0.323 e. The highest BCUT2D eigenvalue weighted by Crippen LogP contribution is 2.40. The fourth-order valence-corrected chi connectivity index (χ4v) is 4.32. The molecule has 0 spiro atoms. The summed E-state index contributed by atoms with van der Waals surface area (Å²) in [5.41, 5.74) is 1.60. The van der Waals surface area contributed by atoms with Crippen LogP contribution < -0.4 is 10.1 Å². The summed E-state index contributed by atoms with van der Waals surface area (Å²) in [6, 6.07) is 11.4. The number of rotatable bonds is 3. The first-order valence-corrected chi connectivity index (χ1v) is 9.21. The Labute approximate surface area is 152 Å². The average Bonchev–Trinajstić information content (AvgIpc) is 3.06. The zero-order valence-corrected chi connectivity index (χ0v) is 15.4. The fourth-order valence-electron chi connectivity index (χ4n) is 2.52. The lowest BCUT2D eigenvalue weighted by atomic mass is 10.2. The number of methoxy groups -OCH3 is 1. The van der Waals surface area contributed by atoms with Crippen molar-refractivity contribution in [2.24, 2.45) is 0 Å². The second kappa shape index (κ2) is 7.44.